The van der Waals surface area contributed by atoms with E-state index in [9.17, 15) is 49.2 Å². The number of hydrogen-bond donors (Lipinski definition) is 4. The molecule has 4 N–H and O–H groups in total. The molecule has 0 aliphatic rings. The number of ketones is 3. The Morgan fingerprint density at radius 3 is 0.818 bits per heavy atom. The van der Waals surface area contributed by atoms with Gasteiger partial charge in [-0.1, -0.05) is 71.8 Å². The summed E-state index contributed by atoms with van der Waals surface area (Å²) in [6.45, 7) is 16.4. The van der Waals surface area contributed by atoms with Gasteiger partial charge >= 0.3 is 0 Å². The minimum atomic E-state index is -0.144. The Balaban J connectivity index is 0.000000161. The molecule has 0 saturated carbocycles. The zero-order valence-electron chi connectivity index (χ0n) is 54.7. The van der Waals surface area contributed by atoms with Crippen LogP contribution in [0, 0.1) is 55.4 Å². The molecule has 0 aliphatic heterocycles. The molecule has 0 saturated heterocycles. The molecule has 16 nitrogen and oxygen atoms in total. The minimum absolute atomic E-state index is 0.0324. The number of ether oxygens (including phenoxy) is 6. The van der Waals surface area contributed by atoms with Crippen molar-refractivity contribution >= 4 is 101 Å². The molecule has 0 aliphatic carbocycles. The number of phenols is 4. The van der Waals surface area contributed by atoms with E-state index in [2.05, 4.69) is 14.2 Å². The van der Waals surface area contributed by atoms with Crippen LogP contribution >= 0.6 is 34.0 Å². The second kappa shape index (κ2) is 31.3. The molecule has 0 unspecified atom stereocenters. The zero-order valence-corrected chi connectivity index (χ0v) is 57.1. The normalized spacial score (nSPS) is 11.1. The Morgan fingerprint density at radius 2 is 0.566 bits per heavy atom. The molecule has 0 bridgehead atoms. The van der Waals surface area contributed by atoms with Crippen LogP contribution in [0.4, 0.5) is 0 Å². The lowest BCUT2D eigenvalue weighted by molar-refractivity contribution is -0.124. The summed E-state index contributed by atoms with van der Waals surface area (Å²) in [5.74, 6) is 1.99. The van der Waals surface area contributed by atoms with E-state index in [1.165, 1.54) is 52.8 Å². The maximum atomic E-state index is 13.8. The smallest absolute Gasteiger partial charge is 0.298 e. The van der Waals surface area contributed by atoms with Crippen LogP contribution in [0.5, 0.6) is 40.2 Å². The van der Waals surface area contributed by atoms with Crippen molar-refractivity contribution in [2.45, 2.75) is 55.4 Å². The third-order valence-corrected chi connectivity index (χ3v) is 19.3. The van der Waals surface area contributed by atoms with Crippen molar-refractivity contribution in [3.05, 3.63) is 277 Å². The van der Waals surface area contributed by atoms with Crippen molar-refractivity contribution in [3.8, 4) is 73.6 Å². The van der Waals surface area contributed by atoms with E-state index in [1.807, 2.05) is 114 Å². The number of benzene rings is 9. The molecule has 12 aromatic rings. The SMILES string of the molecule is Cc1cc(C)c(C(=O)c2sc3cc(O)ccc3c2-c2ccc(O/C=C/OC=O)cc2)c(C)c1.Cc1cc(C)c(C(=O)c2sc3cc(O)ccc3c2-c2ccc(O/C=C/OC=O)cc2)c(C)c1.Cc1cc(O)cc(C)c1C(=O)c1sc2cc(O)ccc2c1-c1ccc(O/C=C/OC=O)cc1. The number of rotatable bonds is 21. The average Bonchev–Trinajstić information content (AvgIpc) is 1.64. The van der Waals surface area contributed by atoms with E-state index < -0.39 is 0 Å². The summed E-state index contributed by atoms with van der Waals surface area (Å²) in [6.07, 6.45) is 7.19. The molecule has 3 heterocycles. The third kappa shape index (κ3) is 16.0. The number of hydrogen-bond acceptors (Lipinski definition) is 19. The van der Waals surface area contributed by atoms with Crippen molar-refractivity contribution in [2.24, 2.45) is 0 Å². The first-order chi connectivity index (χ1) is 47.7. The van der Waals surface area contributed by atoms with Crippen LogP contribution in [0.15, 0.2) is 201 Å². The Morgan fingerprint density at radius 1 is 0.313 bits per heavy atom. The Kier molecular flexibility index (Phi) is 22.1. The first kappa shape index (κ1) is 69.9. The molecule has 9 aromatic carbocycles. The zero-order chi connectivity index (χ0) is 70.6. The van der Waals surface area contributed by atoms with Gasteiger partial charge in [0.2, 0.25) is 17.3 Å². The van der Waals surface area contributed by atoms with Gasteiger partial charge in [0, 0.05) is 63.6 Å². The predicted octanol–water partition coefficient (Wildman–Crippen LogP) is 18.8. The quantitative estimate of drug-likeness (QED) is 0.0226. The molecule has 12 rings (SSSR count). The maximum absolute atomic E-state index is 13.8. The lowest BCUT2D eigenvalue weighted by Gasteiger charge is -2.11. The van der Waals surface area contributed by atoms with Crippen LogP contribution in [0.3, 0.4) is 0 Å². The number of carbonyl (C=O) groups is 6. The van der Waals surface area contributed by atoms with Crippen LogP contribution < -0.4 is 14.2 Å². The Labute approximate surface area is 581 Å². The van der Waals surface area contributed by atoms with E-state index in [-0.39, 0.29) is 40.3 Å². The molecule has 99 heavy (non-hydrogen) atoms. The molecule has 0 atom stereocenters. The lowest BCUT2D eigenvalue weighted by atomic mass is 9.92. The van der Waals surface area contributed by atoms with Gasteiger partial charge in [-0.2, -0.15) is 0 Å². The third-order valence-electron chi connectivity index (χ3n) is 15.8. The van der Waals surface area contributed by atoms with Crippen LogP contribution in [-0.2, 0) is 28.6 Å². The van der Waals surface area contributed by atoms with Crippen LogP contribution in [0.25, 0.3) is 63.6 Å². The van der Waals surface area contributed by atoms with E-state index >= 15 is 0 Å². The maximum Gasteiger partial charge on any atom is 0.298 e. The Bertz CT molecular complexity index is 4580. The van der Waals surface area contributed by atoms with Gasteiger partial charge in [-0.05, 0) is 209 Å². The van der Waals surface area contributed by atoms with E-state index in [0.29, 0.717) is 79.1 Å². The summed E-state index contributed by atoms with van der Waals surface area (Å²) in [5.41, 5.74) is 14.3. The van der Waals surface area contributed by atoms with Gasteiger partial charge in [-0.25, -0.2) is 0 Å². The van der Waals surface area contributed by atoms with Crippen LogP contribution in [-0.4, -0.2) is 57.2 Å². The molecule has 0 amide bonds. The van der Waals surface area contributed by atoms with E-state index in [1.54, 1.807) is 105 Å². The molecule has 498 valence electrons. The fourth-order valence-electron chi connectivity index (χ4n) is 11.9. The molecular formula is C80H64O16S3. The molecule has 0 fully saturated rings. The van der Waals surface area contributed by atoms with E-state index in [4.69, 9.17) is 14.2 Å². The fraction of sp³-hybridized carbons (Fsp3) is 0.100. The van der Waals surface area contributed by atoms with Crippen LogP contribution in [0.2, 0.25) is 0 Å². The number of carbonyl (C=O) groups excluding carboxylic acids is 6. The summed E-state index contributed by atoms with van der Waals surface area (Å²) >= 11 is 4.08. The first-order valence-electron chi connectivity index (χ1n) is 30.6. The van der Waals surface area contributed by atoms with Crippen LogP contribution in [0.1, 0.15) is 90.2 Å². The Hall–Kier alpha value is -11.9. The largest absolute Gasteiger partial charge is 0.508 e. The van der Waals surface area contributed by atoms with Crippen molar-refractivity contribution in [2.75, 3.05) is 0 Å². The lowest BCUT2D eigenvalue weighted by Crippen LogP contribution is -2.06. The number of aryl methyl sites for hydroxylation is 8. The molecule has 19 heteroatoms. The van der Waals surface area contributed by atoms with Gasteiger partial charge in [0.1, 0.15) is 77.8 Å². The highest BCUT2D eigenvalue weighted by Gasteiger charge is 2.28. The molecular weight excluding hydrogens is 1310 g/mol. The number of aromatic hydroxyl groups is 4. The van der Waals surface area contributed by atoms with Gasteiger partial charge < -0.3 is 48.8 Å². The van der Waals surface area contributed by atoms with Crippen molar-refractivity contribution < 1.29 is 77.6 Å². The summed E-state index contributed by atoms with van der Waals surface area (Å²) in [6, 6.07) is 48.4. The molecule has 0 radical (unpaired) electrons. The summed E-state index contributed by atoms with van der Waals surface area (Å²) in [5, 5.41) is 42.5. The monoisotopic (exact) mass is 1380 g/mol. The topological polar surface area (TPSA) is 239 Å². The van der Waals surface area contributed by atoms with Gasteiger partial charge in [-0.3, -0.25) is 28.8 Å². The standard InChI is InChI=1S/2C27H22O5S.C26H20O6S/c2*1-16-12-17(2)24(18(3)13-16)26(30)27-25(22-9-6-20(29)14-23(22)33-27)19-4-7-21(8-5-19)32-11-10-31-15-28;1-15-11-19(29)12-16(2)23(15)25(30)26-24(21-8-5-18(28)13-22(21)33-26)17-3-6-20(7-4-17)32-10-9-31-14-27/h2*4-15,29H,1-3H3;3-14,28-29H,1-2H3/b2*11-10+;10-9+. The summed E-state index contributed by atoms with van der Waals surface area (Å²) in [7, 11) is 0. The van der Waals surface area contributed by atoms with Gasteiger partial charge in [0.15, 0.2) is 0 Å². The highest BCUT2D eigenvalue weighted by atomic mass is 32.1. The highest BCUT2D eigenvalue weighted by Crippen LogP contribution is 2.46. The average molecular weight is 1380 g/mol. The summed E-state index contributed by atoms with van der Waals surface area (Å²) in [4.78, 5) is 73.7. The molecule has 0 spiro atoms. The predicted molar refractivity (Wildman–Crippen MR) is 387 cm³/mol. The van der Waals surface area contributed by atoms with Crippen molar-refractivity contribution in [1.82, 2.24) is 0 Å². The number of thiophene rings is 3. The first-order valence-corrected chi connectivity index (χ1v) is 33.0. The van der Waals surface area contributed by atoms with Gasteiger partial charge in [0.25, 0.3) is 19.4 Å². The van der Waals surface area contributed by atoms with Gasteiger partial charge in [0.05, 0.1) is 14.6 Å². The number of fused-ring (bicyclic) bond motifs is 3. The van der Waals surface area contributed by atoms with Crippen molar-refractivity contribution in [1.29, 1.82) is 0 Å². The van der Waals surface area contributed by atoms with Crippen molar-refractivity contribution in [3.63, 3.8) is 0 Å². The minimum Gasteiger partial charge on any atom is -0.508 e. The second-order valence-electron chi connectivity index (χ2n) is 22.9. The highest BCUT2D eigenvalue weighted by molar-refractivity contribution is 7.22. The second-order valence-corrected chi connectivity index (χ2v) is 26.0. The van der Waals surface area contributed by atoms with E-state index in [0.717, 1.165) is 116 Å². The molecule has 3 aromatic heterocycles. The van der Waals surface area contributed by atoms with Gasteiger partial charge in [-0.15, -0.1) is 34.0 Å². The fourth-order valence-corrected chi connectivity index (χ4v) is 15.5. The number of phenolic OH excluding ortho intramolecular Hbond substituents is 4. The summed E-state index contributed by atoms with van der Waals surface area (Å²) < 4.78 is 32.1.